The Morgan fingerprint density at radius 2 is 1.60 bits per heavy atom. The topological polar surface area (TPSA) is 86.8 Å². The van der Waals surface area contributed by atoms with Crippen molar-refractivity contribution in [2.24, 2.45) is 0 Å². The zero-order chi connectivity index (χ0) is 24.8. The molecule has 2 amide bonds. The first-order chi connectivity index (χ1) is 16.8. The van der Waals surface area contributed by atoms with Crippen LogP contribution in [0.1, 0.15) is 62.5 Å². The molecular formula is C27H35N3O4S. The highest BCUT2D eigenvalue weighted by Crippen LogP contribution is 2.31. The fourth-order valence-corrected chi connectivity index (χ4v) is 6.03. The molecule has 2 aliphatic heterocycles. The second-order valence-electron chi connectivity index (χ2n) is 9.54. The molecule has 0 radical (unpaired) electrons. The molecule has 2 aromatic rings. The third kappa shape index (κ3) is 6.30. The first-order valence-corrected chi connectivity index (χ1v) is 14.1. The van der Waals surface area contributed by atoms with Crippen LogP contribution in [0.3, 0.4) is 0 Å². The van der Waals surface area contributed by atoms with Crippen LogP contribution in [0.5, 0.6) is 0 Å². The highest BCUT2D eigenvalue weighted by molar-refractivity contribution is 7.89. The van der Waals surface area contributed by atoms with E-state index in [0.29, 0.717) is 19.5 Å². The van der Waals surface area contributed by atoms with Crippen LogP contribution < -0.4 is 9.62 Å². The summed E-state index contributed by atoms with van der Waals surface area (Å²) < 4.78 is 28.5. The minimum atomic E-state index is -3.66. The molecule has 1 N–H and O–H groups in total. The number of anilines is 1. The fourth-order valence-electron chi connectivity index (χ4n) is 4.85. The van der Waals surface area contributed by atoms with Crippen LogP contribution in [0, 0.1) is 0 Å². The lowest BCUT2D eigenvalue weighted by atomic mass is 10.0. The lowest BCUT2D eigenvalue weighted by Crippen LogP contribution is -2.34. The van der Waals surface area contributed by atoms with Gasteiger partial charge in [0, 0.05) is 44.7 Å². The average Bonchev–Trinajstić information content (AvgIpc) is 3.10. The highest BCUT2D eigenvalue weighted by atomic mass is 32.2. The average molecular weight is 498 g/mol. The summed E-state index contributed by atoms with van der Waals surface area (Å²) in [5.74, 6) is 0.0137. The molecule has 0 unspecified atom stereocenters. The van der Waals surface area contributed by atoms with Crippen LogP contribution in [-0.2, 0) is 26.0 Å². The molecule has 1 atom stereocenters. The van der Waals surface area contributed by atoms with Gasteiger partial charge in [-0.2, -0.15) is 0 Å². The van der Waals surface area contributed by atoms with Crippen molar-refractivity contribution in [3.63, 3.8) is 0 Å². The second kappa shape index (κ2) is 11.4. The first-order valence-electron chi connectivity index (χ1n) is 12.6. The summed E-state index contributed by atoms with van der Waals surface area (Å²) in [5.41, 5.74) is 2.66. The molecule has 2 aromatic carbocycles. The number of hydrogen-bond acceptors (Lipinski definition) is 4. The largest absolute Gasteiger partial charge is 0.343 e. The van der Waals surface area contributed by atoms with Gasteiger partial charge in [-0.05, 0) is 54.5 Å². The van der Waals surface area contributed by atoms with E-state index in [2.05, 4.69) is 4.72 Å². The SMILES string of the molecule is C[C@@H](CNS(=O)(=O)c1ccc2c(c1)CCN2C(=O)CCC(=O)N1CCCCCC1)c1ccccc1. The Bertz CT molecular complexity index is 1140. The Morgan fingerprint density at radius 3 is 2.31 bits per heavy atom. The predicted octanol–water partition coefficient (Wildman–Crippen LogP) is 3.84. The van der Waals surface area contributed by atoms with Crippen LogP contribution in [0.2, 0.25) is 0 Å². The van der Waals surface area contributed by atoms with E-state index in [4.69, 9.17) is 0 Å². The number of hydrogen-bond donors (Lipinski definition) is 1. The third-order valence-corrected chi connectivity index (χ3v) is 8.44. The Balaban J connectivity index is 1.35. The van der Waals surface area contributed by atoms with Gasteiger partial charge in [0.1, 0.15) is 0 Å². The van der Waals surface area contributed by atoms with Crippen molar-refractivity contribution in [2.75, 3.05) is 31.1 Å². The molecule has 1 fully saturated rings. The number of nitrogens with one attached hydrogen (secondary N) is 1. The number of carbonyl (C=O) groups is 2. The lowest BCUT2D eigenvalue weighted by molar-refractivity contribution is -0.133. The number of carbonyl (C=O) groups excluding carboxylic acids is 2. The van der Waals surface area contributed by atoms with Crippen molar-refractivity contribution in [1.82, 2.24) is 9.62 Å². The summed E-state index contributed by atoms with van der Waals surface area (Å²) in [7, 11) is -3.66. The number of nitrogens with zero attached hydrogens (tertiary/aromatic N) is 2. The predicted molar refractivity (Wildman–Crippen MR) is 137 cm³/mol. The number of rotatable bonds is 8. The van der Waals surface area contributed by atoms with Gasteiger partial charge in [-0.25, -0.2) is 13.1 Å². The molecule has 35 heavy (non-hydrogen) atoms. The van der Waals surface area contributed by atoms with Crippen LogP contribution in [-0.4, -0.2) is 51.3 Å². The zero-order valence-electron chi connectivity index (χ0n) is 20.4. The number of likely N-dealkylation sites (tertiary alicyclic amines) is 1. The smallest absolute Gasteiger partial charge is 0.240 e. The molecule has 4 rings (SSSR count). The number of fused-ring (bicyclic) bond motifs is 1. The molecule has 7 nitrogen and oxygen atoms in total. The van der Waals surface area contributed by atoms with Crippen molar-refractivity contribution in [3.05, 3.63) is 59.7 Å². The molecule has 0 aliphatic carbocycles. The van der Waals surface area contributed by atoms with Crippen LogP contribution >= 0.6 is 0 Å². The van der Waals surface area contributed by atoms with E-state index >= 15 is 0 Å². The van der Waals surface area contributed by atoms with Gasteiger partial charge in [-0.15, -0.1) is 0 Å². The minimum absolute atomic E-state index is 0.0468. The van der Waals surface area contributed by atoms with Crippen LogP contribution in [0.4, 0.5) is 5.69 Å². The van der Waals surface area contributed by atoms with Gasteiger partial charge in [0.25, 0.3) is 0 Å². The third-order valence-electron chi connectivity index (χ3n) is 7.02. The maximum Gasteiger partial charge on any atom is 0.240 e. The summed E-state index contributed by atoms with van der Waals surface area (Å²) in [6.45, 7) is 4.37. The van der Waals surface area contributed by atoms with Crippen molar-refractivity contribution >= 4 is 27.5 Å². The maximum atomic E-state index is 12.9. The summed E-state index contributed by atoms with van der Waals surface area (Å²) in [6, 6.07) is 14.7. The van der Waals surface area contributed by atoms with Crippen LogP contribution in [0.25, 0.3) is 0 Å². The summed E-state index contributed by atoms with van der Waals surface area (Å²) in [5, 5.41) is 0. The molecule has 2 aliphatic rings. The van der Waals surface area contributed by atoms with E-state index < -0.39 is 10.0 Å². The second-order valence-corrected chi connectivity index (χ2v) is 11.3. The van der Waals surface area contributed by atoms with Gasteiger partial charge in [0.05, 0.1) is 4.90 Å². The molecule has 0 aromatic heterocycles. The first kappa shape index (κ1) is 25.4. The monoisotopic (exact) mass is 497 g/mol. The normalized spacial score (nSPS) is 17.1. The van der Waals surface area contributed by atoms with E-state index in [1.165, 1.54) is 0 Å². The van der Waals surface area contributed by atoms with E-state index in [9.17, 15) is 18.0 Å². The van der Waals surface area contributed by atoms with Gasteiger partial charge in [-0.3, -0.25) is 9.59 Å². The zero-order valence-corrected chi connectivity index (χ0v) is 21.2. The van der Waals surface area contributed by atoms with Crippen molar-refractivity contribution in [2.45, 2.75) is 62.7 Å². The molecule has 2 heterocycles. The van der Waals surface area contributed by atoms with Gasteiger partial charge in [0.2, 0.25) is 21.8 Å². The van der Waals surface area contributed by atoms with Gasteiger partial charge in [0.15, 0.2) is 0 Å². The molecule has 188 valence electrons. The fraction of sp³-hybridized carbons (Fsp3) is 0.481. The standard InChI is InChI=1S/C27H35N3O4S/c1-21(22-9-5-4-6-10-22)20-28-35(33,34)24-11-12-25-23(19-24)15-18-30(25)27(32)14-13-26(31)29-16-7-2-3-8-17-29/h4-6,9-12,19,21,28H,2-3,7-8,13-18,20H2,1H3/t21-/m0/s1. The molecule has 0 bridgehead atoms. The maximum absolute atomic E-state index is 12.9. The van der Waals surface area contributed by atoms with Crippen molar-refractivity contribution in [1.29, 1.82) is 0 Å². The summed E-state index contributed by atoms with van der Waals surface area (Å²) in [6.07, 6.45) is 5.38. The minimum Gasteiger partial charge on any atom is -0.343 e. The van der Waals surface area contributed by atoms with E-state index in [1.54, 1.807) is 23.1 Å². The molecule has 0 saturated carbocycles. The van der Waals surface area contributed by atoms with Crippen molar-refractivity contribution in [3.8, 4) is 0 Å². The van der Waals surface area contributed by atoms with E-state index in [0.717, 1.165) is 55.6 Å². The Labute approximate surface area is 208 Å². The summed E-state index contributed by atoms with van der Waals surface area (Å²) in [4.78, 5) is 29.2. The van der Waals surface area contributed by atoms with Gasteiger partial charge in [-0.1, -0.05) is 50.1 Å². The highest BCUT2D eigenvalue weighted by Gasteiger charge is 2.27. The molecule has 1 saturated heterocycles. The lowest BCUT2D eigenvalue weighted by Gasteiger charge is -2.21. The van der Waals surface area contributed by atoms with E-state index in [1.807, 2.05) is 42.2 Å². The summed E-state index contributed by atoms with van der Waals surface area (Å²) >= 11 is 0. The Morgan fingerprint density at radius 1 is 0.914 bits per heavy atom. The quantitative estimate of drug-likeness (QED) is 0.600. The molecular weight excluding hydrogens is 462 g/mol. The Kier molecular flexibility index (Phi) is 8.23. The molecule has 0 spiro atoms. The van der Waals surface area contributed by atoms with Gasteiger partial charge < -0.3 is 9.80 Å². The van der Waals surface area contributed by atoms with Gasteiger partial charge >= 0.3 is 0 Å². The van der Waals surface area contributed by atoms with Crippen molar-refractivity contribution < 1.29 is 18.0 Å². The van der Waals surface area contributed by atoms with E-state index in [-0.39, 0.29) is 35.5 Å². The Hall–Kier alpha value is -2.71. The number of amides is 2. The number of benzene rings is 2. The number of sulfonamides is 1. The molecule has 8 heteroatoms. The van der Waals surface area contributed by atoms with Crippen LogP contribution in [0.15, 0.2) is 53.4 Å².